The van der Waals surface area contributed by atoms with Crippen LogP contribution in [0.15, 0.2) is 42.5 Å². The second-order valence-electron chi connectivity index (χ2n) is 8.27. The molecule has 134 valence electrons. The molecule has 26 heavy (non-hydrogen) atoms. The minimum Gasteiger partial charge on any atom is -0.300 e. The lowest BCUT2D eigenvalue weighted by atomic mass is 9.76. The smallest absolute Gasteiger partial charge is 0.0991 e. The van der Waals surface area contributed by atoms with Gasteiger partial charge in [-0.15, -0.1) is 11.3 Å². The summed E-state index contributed by atoms with van der Waals surface area (Å²) in [4.78, 5) is 7.76. The number of fused-ring (bicyclic) bond motifs is 3. The van der Waals surface area contributed by atoms with Crippen molar-refractivity contribution in [2.24, 2.45) is 0 Å². The summed E-state index contributed by atoms with van der Waals surface area (Å²) in [6, 6.07) is 17.3. The van der Waals surface area contributed by atoms with Crippen molar-refractivity contribution in [3.63, 3.8) is 0 Å². The highest BCUT2D eigenvalue weighted by molar-refractivity contribution is 7.18. The average Bonchev–Trinajstić information content (AvgIpc) is 3.13. The molecule has 1 unspecified atom stereocenters. The summed E-state index contributed by atoms with van der Waals surface area (Å²) >= 11 is 1.92. The van der Waals surface area contributed by atoms with E-state index in [4.69, 9.17) is 4.98 Å². The fourth-order valence-corrected chi connectivity index (χ4v) is 6.44. The van der Waals surface area contributed by atoms with Crippen LogP contribution >= 0.6 is 11.3 Å². The van der Waals surface area contributed by atoms with E-state index in [-0.39, 0.29) is 0 Å². The minimum absolute atomic E-state index is 0.513. The molecule has 0 saturated carbocycles. The van der Waals surface area contributed by atoms with Gasteiger partial charge in [-0.1, -0.05) is 35.9 Å². The number of nitrogens with zero attached hydrogens (tertiary/aromatic N) is 2. The third kappa shape index (κ3) is 2.60. The van der Waals surface area contributed by atoms with Crippen LogP contribution in [-0.2, 0) is 0 Å². The van der Waals surface area contributed by atoms with Crippen molar-refractivity contribution in [1.29, 1.82) is 0 Å². The molecule has 1 aromatic heterocycles. The molecule has 3 heteroatoms. The van der Waals surface area contributed by atoms with Gasteiger partial charge in [-0.05, 0) is 69.3 Å². The highest BCUT2D eigenvalue weighted by atomic mass is 32.1. The first-order valence-corrected chi connectivity index (χ1v) is 10.6. The van der Waals surface area contributed by atoms with Crippen LogP contribution < -0.4 is 0 Å². The maximum atomic E-state index is 5.11. The summed E-state index contributed by atoms with van der Waals surface area (Å²) < 4.78 is 1.34. The molecule has 5 rings (SSSR count). The van der Waals surface area contributed by atoms with Gasteiger partial charge in [0.15, 0.2) is 0 Å². The van der Waals surface area contributed by atoms with E-state index in [0.29, 0.717) is 17.9 Å². The zero-order chi connectivity index (χ0) is 17.8. The van der Waals surface area contributed by atoms with Crippen LogP contribution in [0.3, 0.4) is 0 Å². The van der Waals surface area contributed by atoms with E-state index in [0.717, 1.165) is 6.04 Å². The molecular formula is C23H26N2S. The maximum absolute atomic E-state index is 5.11. The monoisotopic (exact) mass is 362 g/mol. The average molecular weight is 363 g/mol. The van der Waals surface area contributed by atoms with E-state index >= 15 is 0 Å². The van der Waals surface area contributed by atoms with Crippen molar-refractivity contribution in [2.45, 2.75) is 57.0 Å². The van der Waals surface area contributed by atoms with Gasteiger partial charge in [0.2, 0.25) is 0 Å². The van der Waals surface area contributed by atoms with Crippen molar-refractivity contribution < 1.29 is 0 Å². The molecule has 3 aromatic rings. The van der Waals surface area contributed by atoms with Crippen LogP contribution in [0, 0.1) is 13.8 Å². The molecule has 0 spiro atoms. The SMILES string of the molecule is Cc1ccc([C@H]2C[C@H]3CCC([C@H]2c2nc4ccc(C)cc4s2)N3C)cc1. The van der Waals surface area contributed by atoms with Crippen molar-refractivity contribution in [2.75, 3.05) is 7.05 Å². The normalized spacial score (nSPS) is 28.7. The minimum atomic E-state index is 0.513. The van der Waals surface area contributed by atoms with Crippen molar-refractivity contribution in [3.05, 3.63) is 64.2 Å². The summed E-state index contributed by atoms with van der Waals surface area (Å²) in [5.74, 6) is 1.10. The Kier molecular flexibility index (Phi) is 3.91. The van der Waals surface area contributed by atoms with E-state index in [1.807, 2.05) is 11.3 Å². The van der Waals surface area contributed by atoms with Gasteiger partial charge in [-0.25, -0.2) is 4.98 Å². The Morgan fingerprint density at radius 1 is 1.00 bits per heavy atom. The Labute approximate surface area is 159 Å². The number of rotatable bonds is 2. The van der Waals surface area contributed by atoms with E-state index in [2.05, 4.69) is 68.3 Å². The second-order valence-corrected chi connectivity index (χ2v) is 9.33. The van der Waals surface area contributed by atoms with Crippen LogP contribution in [0.2, 0.25) is 0 Å². The van der Waals surface area contributed by atoms with Crippen molar-refractivity contribution in [1.82, 2.24) is 9.88 Å². The Balaban J connectivity index is 1.61. The van der Waals surface area contributed by atoms with Crippen LogP contribution in [-0.4, -0.2) is 29.0 Å². The number of aryl methyl sites for hydroxylation is 2. The lowest BCUT2D eigenvalue weighted by molar-refractivity contribution is 0.137. The molecule has 2 aliphatic rings. The fraction of sp³-hybridized carbons (Fsp3) is 0.435. The molecule has 4 atom stereocenters. The van der Waals surface area contributed by atoms with Crippen molar-refractivity contribution in [3.8, 4) is 0 Å². The van der Waals surface area contributed by atoms with Crippen LogP contribution in [0.4, 0.5) is 0 Å². The number of hydrogen-bond acceptors (Lipinski definition) is 3. The third-order valence-electron chi connectivity index (χ3n) is 6.62. The topological polar surface area (TPSA) is 16.1 Å². The molecule has 0 radical (unpaired) electrons. The highest BCUT2D eigenvalue weighted by Crippen LogP contribution is 2.52. The van der Waals surface area contributed by atoms with Gasteiger partial charge in [0.25, 0.3) is 0 Å². The lowest BCUT2D eigenvalue weighted by Crippen LogP contribution is -2.44. The largest absolute Gasteiger partial charge is 0.300 e. The summed E-state index contributed by atoms with van der Waals surface area (Å²) in [5.41, 5.74) is 5.34. The number of thiazole rings is 1. The molecule has 2 fully saturated rings. The molecule has 2 nitrogen and oxygen atoms in total. The number of piperidine rings is 1. The number of benzene rings is 2. The predicted molar refractivity (Wildman–Crippen MR) is 110 cm³/mol. The van der Waals surface area contributed by atoms with Gasteiger partial charge in [0, 0.05) is 18.0 Å². The summed E-state index contributed by atoms with van der Waals surface area (Å²) in [6.07, 6.45) is 3.91. The van der Waals surface area contributed by atoms with E-state index in [1.54, 1.807) is 0 Å². The van der Waals surface area contributed by atoms with Crippen LogP contribution in [0.25, 0.3) is 10.2 Å². The number of likely N-dealkylation sites (N-methyl/N-ethyl adjacent to an activating group) is 1. The fourth-order valence-electron chi connectivity index (χ4n) is 5.15. The molecule has 3 heterocycles. The number of hydrogen-bond donors (Lipinski definition) is 0. The molecule has 0 N–H and O–H groups in total. The van der Waals surface area contributed by atoms with Gasteiger partial charge >= 0.3 is 0 Å². The Bertz CT molecular complexity index is 943. The first-order chi connectivity index (χ1) is 12.6. The van der Waals surface area contributed by atoms with Crippen molar-refractivity contribution >= 4 is 21.6 Å². The third-order valence-corrected chi connectivity index (χ3v) is 7.74. The van der Waals surface area contributed by atoms with E-state index < -0.39 is 0 Å². The zero-order valence-corrected chi connectivity index (χ0v) is 16.6. The zero-order valence-electron chi connectivity index (χ0n) is 15.8. The molecule has 0 amide bonds. The summed E-state index contributed by atoms with van der Waals surface area (Å²) in [7, 11) is 2.33. The molecule has 2 bridgehead atoms. The van der Waals surface area contributed by atoms with Crippen LogP contribution in [0.1, 0.15) is 52.8 Å². The Morgan fingerprint density at radius 2 is 1.77 bits per heavy atom. The molecule has 0 aliphatic carbocycles. The Hall–Kier alpha value is -1.71. The second kappa shape index (κ2) is 6.17. The summed E-state index contributed by atoms with van der Waals surface area (Å²) in [6.45, 7) is 4.35. The Morgan fingerprint density at radius 3 is 2.58 bits per heavy atom. The number of aromatic nitrogens is 1. The van der Waals surface area contributed by atoms with Gasteiger partial charge < -0.3 is 0 Å². The van der Waals surface area contributed by atoms with Gasteiger partial charge in [0.05, 0.1) is 15.2 Å². The molecule has 2 saturated heterocycles. The quantitative estimate of drug-likeness (QED) is 0.586. The standard InChI is InChI=1S/C23H26N2S/c1-14-4-7-16(8-5-14)18-13-17-9-11-20(25(17)3)22(18)23-24-19-10-6-15(2)12-21(19)26-23/h4-8,10,12,17-18,20,22H,9,11,13H2,1-3H3/t17-,18-,20?,22+/m1/s1. The summed E-state index contributed by atoms with van der Waals surface area (Å²) in [5, 5.41) is 1.34. The molecular weight excluding hydrogens is 336 g/mol. The first-order valence-electron chi connectivity index (χ1n) is 9.76. The van der Waals surface area contributed by atoms with Gasteiger partial charge in [0.1, 0.15) is 0 Å². The first kappa shape index (κ1) is 16.5. The van der Waals surface area contributed by atoms with Gasteiger partial charge in [-0.2, -0.15) is 0 Å². The van der Waals surface area contributed by atoms with Crippen LogP contribution in [0.5, 0.6) is 0 Å². The van der Waals surface area contributed by atoms with E-state index in [9.17, 15) is 0 Å². The molecule has 2 aromatic carbocycles. The molecule has 2 aliphatic heterocycles. The predicted octanol–water partition coefficient (Wildman–Crippen LogP) is 5.65. The van der Waals surface area contributed by atoms with Gasteiger partial charge in [-0.3, -0.25) is 4.90 Å². The highest BCUT2D eigenvalue weighted by Gasteiger charge is 2.47. The lowest BCUT2D eigenvalue weighted by Gasteiger charge is -2.42. The van der Waals surface area contributed by atoms with E-state index in [1.165, 1.54) is 51.2 Å². The maximum Gasteiger partial charge on any atom is 0.0991 e.